The Hall–Kier alpha value is -0.200. The first-order valence-corrected chi connectivity index (χ1v) is 4.14. The molecule has 68 valence electrons. The highest BCUT2D eigenvalue weighted by Gasteiger charge is 2.57. The lowest BCUT2D eigenvalue weighted by molar-refractivity contribution is -0.271. The van der Waals surface area contributed by atoms with Gasteiger partial charge >= 0.3 is 12.1 Å². The third-order valence-electron chi connectivity index (χ3n) is 0.799. The number of hydrogen-bond donors (Lipinski definition) is 0. The third kappa shape index (κ3) is 3.13. The standard InChI is InChI=1S/C4H5F5OS/c1-11(10)2-3(5,6)4(7,8)9/h2H2,1H3. The van der Waals surface area contributed by atoms with E-state index in [1.54, 1.807) is 0 Å². The van der Waals surface area contributed by atoms with Crippen LogP contribution in [0.15, 0.2) is 0 Å². The molecule has 1 unspecified atom stereocenters. The van der Waals surface area contributed by atoms with E-state index in [-0.39, 0.29) is 0 Å². The molecule has 0 aromatic carbocycles. The van der Waals surface area contributed by atoms with Crippen LogP contribution in [0.3, 0.4) is 0 Å². The summed E-state index contributed by atoms with van der Waals surface area (Å²) >= 11 is 0. The van der Waals surface area contributed by atoms with Gasteiger partial charge in [-0.3, -0.25) is 4.21 Å². The summed E-state index contributed by atoms with van der Waals surface area (Å²) in [4.78, 5) is 0. The molecule has 0 aliphatic rings. The molecule has 0 heterocycles. The van der Waals surface area contributed by atoms with Crippen LogP contribution in [0.5, 0.6) is 0 Å². The Kier molecular flexibility index (Phi) is 2.98. The van der Waals surface area contributed by atoms with Crippen molar-refractivity contribution in [2.24, 2.45) is 0 Å². The molecule has 7 heteroatoms. The Labute approximate surface area is 62.0 Å². The van der Waals surface area contributed by atoms with E-state index in [1.165, 1.54) is 0 Å². The van der Waals surface area contributed by atoms with E-state index in [1.807, 2.05) is 0 Å². The predicted octanol–water partition coefficient (Wildman–Crippen LogP) is 1.56. The zero-order valence-electron chi connectivity index (χ0n) is 5.41. The van der Waals surface area contributed by atoms with Gasteiger partial charge in [0, 0.05) is 17.1 Å². The van der Waals surface area contributed by atoms with Gasteiger partial charge in [-0.05, 0) is 0 Å². The maximum Gasteiger partial charge on any atom is 0.454 e. The smallest absolute Gasteiger partial charge is 0.260 e. The van der Waals surface area contributed by atoms with Crippen LogP contribution in [0, 0.1) is 0 Å². The Bertz CT molecular complexity index is 162. The van der Waals surface area contributed by atoms with E-state index in [2.05, 4.69) is 0 Å². The number of hydrogen-bond acceptors (Lipinski definition) is 1. The fourth-order valence-corrected chi connectivity index (χ4v) is 1.01. The van der Waals surface area contributed by atoms with Crippen LogP contribution in [0.1, 0.15) is 0 Å². The van der Waals surface area contributed by atoms with E-state index in [0.29, 0.717) is 0 Å². The molecule has 1 atom stereocenters. The van der Waals surface area contributed by atoms with E-state index in [4.69, 9.17) is 0 Å². The van der Waals surface area contributed by atoms with Gasteiger partial charge in [0.15, 0.2) is 0 Å². The molecule has 0 bridgehead atoms. The molecule has 11 heavy (non-hydrogen) atoms. The lowest BCUT2D eigenvalue weighted by Crippen LogP contribution is -2.41. The van der Waals surface area contributed by atoms with Crippen molar-refractivity contribution in [2.75, 3.05) is 12.0 Å². The number of rotatable bonds is 2. The van der Waals surface area contributed by atoms with Crippen molar-refractivity contribution < 1.29 is 26.2 Å². The van der Waals surface area contributed by atoms with Gasteiger partial charge in [-0.25, -0.2) is 0 Å². The minimum Gasteiger partial charge on any atom is -0.260 e. The van der Waals surface area contributed by atoms with Crippen LogP contribution < -0.4 is 0 Å². The molecule has 0 saturated heterocycles. The zero-order valence-corrected chi connectivity index (χ0v) is 6.23. The van der Waals surface area contributed by atoms with Gasteiger partial charge in [-0.1, -0.05) is 0 Å². The van der Waals surface area contributed by atoms with Crippen LogP contribution >= 0.6 is 0 Å². The Morgan fingerprint density at radius 3 is 1.64 bits per heavy atom. The first-order chi connectivity index (χ1) is 4.67. The molecule has 0 aliphatic heterocycles. The second-order valence-electron chi connectivity index (χ2n) is 1.92. The average Bonchev–Trinajstić information content (AvgIpc) is 1.56. The monoisotopic (exact) mass is 196 g/mol. The summed E-state index contributed by atoms with van der Waals surface area (Å²) in [5.41, 5.74) is 0. The van der Waals surface area contributed by atoms with Gasteiger partial charge in [-0.2, -0.15) is 22.0 Å². The highest BCUT2D eigenvalue weighted by Crippen LogP contribution is 2.35. The van der Waals surface area contributed by atoms with Crippen molar-refractivity contribution in [3.8, 4) is 0 Å². The predicted molar refractivity (Wildman–Crippen MR) is 29.9 cm³/mol. The molecular weight excluding hydrogens is 191 g/mol. The summed E-state index contributed by atoms with van der Waals surface area (Å²) < 4.78 is 67.7. The molecule has 0 aliphatic carbocycles. The van der Waals surface area contributed by atoms with E-state index in [9.17, 15) is 26.2 Å². The van der Waals surface area contributed by atoms with Gasteiger partial charge < -0.3 is 0 Å². The van der Waals surface area contributed by atoms with E-state index < -0.39 is 28.7 Å². The highest BCUT2D eigenvalue weighted by atomic mass is 32.2. The van der Waals surface area contributed by atoms with Gasteiger partial charge in [0.25, 0.3) is 0 Å². The first-order valence-electron chi connectivity index (χ1n) is 2.41. The Balaban J connectivity index is 4.34. The normalized spacial score (nSPS) is 16.5. The summed E-state index contributed by atoms with van der Waals surface area (Å²) in [6.45, 7) is 0. The summed E-state index contributed by atoms with van der Waals surface area (Å²) in [6, 6.07) is 0. The molecule has 0 aromatic rings. The van der Waals surface area contributed by atoms with Crippen molar-refractivity contribution in [3.05, 3.63) is 0 Å². The second-order valence-corrected chi connectivity index (χ2v) is 3.35. The van der Waals surface area contributed by atoms with Crippen molar-refractivity contribution in [3.63, 3.8) is 0 Å². The van der Waals surface area contributed by atoms with E-state index >= 15 is 0 Å². The molecule has 0 amide bonds. The Morgan fingerprint density at radius 1 is 1.18 bits per heavy atom. The summed E-state index contributed by atoms with van der Waals surface area (Å²) in [6.07, 6.45) is -4.81. The SMILES string of the molecule is CS(=O)CC(F)(F)C(F)(F)F. The van der Waals surface area contributed by atoms with Crippen LogP contribution in [-0.4, -0.2) is 28.3 Å². The molecule has 0 saturated carbocycles. The highest BCUT2D eigenvalue weighted by molar-refractivity contribution is 7.84. The molecule has 0 spiro atoms. The second kappa shape index (κ2) is 3.04. The lowest BCUT2D eigenvalue weighted by Gasteiger charge is -2.17. The zero-order chi connectivity index (χ0) is 9.28. The maximum absolute atomic E-state index is 11.9. The maximum atomic E-state index is 11.9. The average molecular weight is 196 g/mol. The molecule has 0 radical (unpaired) electrons. The molecule has 0 aromatic heterocycles. The van der Waals surface area contributed by atoms with Gasteiger partial charge in [0.2, 0.25) is 0 Å². The largest absolute Gasteiger partial charge is 0.454 e. The fraction of sp³-hybridized carbons (Fsp3) is 1.00. The molecule has 0 rings (SSSR count). The summed E-state index contributed by atoms with van der Waals surface area (Å²) in [7, 11) is -2.15. The summed E-state index contributed by atoms with van der Waals surface area (Å²) in [5.74, 6) is -6.51. The first kappa shape index (κ1) is 10.8. The lowest BCUT2D eigenvalue weighted by atomic mass is 10.4. The van der Waals surface area contributed by atoms with E-state index in [0.717, 1.165) is 6.26 Å². The number of halogens is 5. The molecule has 1 nitrogen and oxygen atoms in total. The molecular formula is C4H5F5OS. The Morgan fingerprint density at radius 2 is 1.55 bits per heavy atom. The minimum absolute atomic E-state index is 0.791. The summed E-state index contributed by atoms with van der Waals surface area (Å²) in [5, 5.41) is 0. The topological polar surface area (TPSA) is 17.1 Å². The van der Waals surface area contributed by atoms with Crippen molar-refractivity contribution in [2.45, 2.75) is 12.1 Å². The van der Waals surface area contributed by atoms with Gasteiger partial charge in [0.05, 0.1) is 5.75 Å². The van der Waals surface area contributed by atoms with Crippen molar-refractivity contribution in [1.82, 2.24) is 0 Å². The quantitative estimate of drug-likeness (QED) is 0.612. The van der Waals surface area contributed by atoms with Crippen LogP contribution in [0.25, 0.3) is 0 Å². The van der Waals surface area contributed by atoms with Crippen LogP contribution in [0.4, 0.5) is 22.0 Å². The molecule has 0 fully saturated rings. The minimum atomic E-state index is -5.60. The van der Waals surface area contributed by atoms with Gasteiger partial charge in [0.1, 0.15) is 0 Å². The fourth-order valence-electron chi connectivity index (χ4n) is 0.337. The molecule has 0 N–H and O–H groups in total. The number of alkyl halides is 5. The van der Waals surface area contributed by atoms with Gasteiger partial charge in [-0.15, -0.1) is 0 Å². The van der Waals surface area contributed by atoms with Crippen molar-refractivity contribution >= 4 is 10.8 Å². The van der Waals surface area contributed by atoms with Crippen molar-refractivity contribution in [1.29, 1.82) is 0 Å². The third-order valence-corrected chi connectivity index (χ3v) is 1.57. The van der Waals surface area contributed by atoms with Crippen LogP contribution in [-0.2, 0) is 10.8 Å². The van der Waals surface area contributed by atoms with Crippen LogP contribution in [0.2, 0.25) is 0 Å².